The number of fused-ring (bicyclic) bond motifs is 1. The Morgan fingerprint density at radius 3 is 2.94 bits per heavy atom. The second kappa shape index (κ2) is 4.68. The van der Waals surface area contributed by atoms with Crippen LogP contribution in [-0.2, 0) is 11.3 Å². The fourth-order valence-corrected chi connectivity index (χ4v) is 2.33. The van der Waals surface area contributed by atoms with E-state index in [1.54, 1.807) is 6.07 Å². The summed E-state index contributed by atoms with van der Waals surface area (Å²) in [6, 6.07) is 7.40. The minimum atomic E-state index is -0.646. The molecular weight excluding hydrogens is 232 g/mol. The number of hydroxylamine groups is 2. The number of benzene rings is 1. The minimum absolute atomic E-state index is 0.178. The number of carbonyl (C=O) groups excluding carboxylic acids is 1. The maximum absolute atomic E-state index is 12.3. The Labute approximate surface area is 105 Å². The number of hydrogen-bond acceptors (Lipinski definition) is 3. The number of azide groups is 1. The van der Waals surface area contributed by atoms with Gasteiger partial charge in [-0.15, -0.1) is 0 Å². The van der Waals surface area contributed by atoms with Gasteiger partial charge in [0.05, 0.1) is 19.2 Å². The van der Waals surface area contributed by atoms with Gasteiger partial charge in [0.15, 0.2) is 0 Å². The van der Waals surface area contributed by atoms with Crippen LogP contribution in [0, 0.1) is 0 Å². The molecule has 0 bridgehead atoms. The van der Waals surface area contributed by atoms with E-state index >= 15 is 0 Å². The van der Waals surface area contributed by atoms with Crippen molar-refractivity contribution < 1.29 is 9.63 Å². The molecule has 94 valence electrons. The summed E-state index contributed by atoms with van der Waals surface area (Å²) in [6.45, 7) is 2.02. The third kappa shape index (κ3) is 1.92. The van der Waals surface area contributed by atoms with Crippen LogP contribution in [0.2, 0.25) is 0 Å². The van der Waals surface area contributed by atoms with Crippen molar-refractivity contribution >= 4 is 5.91 Å². The van der Waals surface area contributed by atoms with Crippen molar-refractivity contribution in [2.75, 3.05) is 13.7 Å². The highest BCUT2D eigenvalue weighted by molar-refractivity contribution is 5.96. The van der Waals surface area contributed by atoms with Crippen LogP contribution in [0.5, 0.6) is 0 Å². The Balaban J connectivity index is 2.45. The largest absolute Gasteiger partial charge is 0.278 e. The van der Waals surface area contributed by atoms with Gasteiger partial charge in [0.2, 0.25) is 0 Å². The van der Waals surface area contributed by atoms with Crippen LogP contribution in [0.4, 0.5) is 0 Å². The quantitative estimate of drug-likeness (QED) is 0.466. The molecule has 0 aliphatic carbocycles. The maximum atomic E-state index is 12.3. The fourth-order valence-electron chi connectivity index (χ4n) is 2.33. The lowest BCUT2D eigenvalue weighted by Crippen LogP contribution is -2.55. The van der Waals surface area contributed by atoms with Crippen LogP contribution in [0.25, 0.3) is 10.4 Å². The standard InChI is InChI=1S/C12H14N4O2/c1-12(8-14-15-13)7-9-5-3-4-6-10(9)11(17)16(12)18-2/h3-6H,7-8H2,1-2H3. The zero-order chi connectivity index (χ0) is 13.2. The molecule has 1 amide bonds. The SMILES string of the molecule is CON1C(=O)c2ccccc2CC1(C)CN=[N+]=[N-]. The van der Waals surface area contributed by atoms with E-state index in [2.05, 4.69) is 10.0 Å². The second-order valence-electron chi connectivity index (χ2n) is 4.50. The van der Waals surface area contributed by atoms with E-state index in [0.717, 1.165) is 5.56 Å². The lowest BCUT2D eigenvalue weighted by molar-refractivity contribution is -0.157. The molecule has 0 saturated carbocycles. The average molecular weight is 246 g/mol. The molecule has 1 aliphatic heterocycles. The number of amides is 1. The van der Waals surface area contributed by atoms with Gasteiger partial charge in [-0.1, -0.05) is 23.3 Å². The Morgan fingerprint density at radius 1 is 1.56 bits per heavy atom. The molecule has 0 aromatic heterocycles. The van der Waals surface area contributed by atoms with Crippen LogP contribution in [0.1, 0.15) is 22.8 Å². The molecule has 1 atom stereocenters. The maximum Gasteiger partial charge on any atom is 0.278 e. The molecule has 2 rings (SSSR count). The predicted molar refractivity (Wildman–Crippen MR) is 65.7 cm³/mol. The monoisotopic (exact) mass is 246 g/mol. The zero-order valence-corrected chi connectivity index (χ0v) is 10.3. The van der Waals surface area contributed by atoms with Crippen molar-refractivity contribution in [3.05, 3.63) is 45.8 Å². The van der Waals surface area contributed by atoms with E-state index in [9.17, 15) is 4.79 Å². The summed E-state index contributed by atoms with van der Waals surface area (Å²) < 4.78 is 0. The van der Waals surface area contributed by atoms with Crippen molar-refractivity contribution in [3.8, 4) is 0 Å². The normalized spacial score (nSPS) is 22.3. The van der Waals surface area contributed by atoms with Crippen molar-refractivity contribution in [2.45, 2.75) is 18.9 Å². The summed E-state index contributed by atoms with van der Waals surface area (Å²) in [4.78, 5) is 20.2. The van der Waals surface area contributed by atoms with Crippen LogP contribution >= 0.6 is 0 Å². The molecule has 1 unspecified atom stereocenters. The highest BCUT2D eigenvalue weighted by Crippen LogP contribution is 2.31. The smallest absolute Gasteiger partial charge is 0.273 e. The zero-order valence-electron chi connectivity index (χ0n) is 10.3. The summed E-state index contributed by atoms with van der Waals surface area (Å²) >= 11 is 0. The highest BCUT2D eigenvalue weighted by Gasteiger charge is 2.41. The molecule has 0 N–H and O–H groups in total. The van der Waals surface area contributed by atoms with Gasteiger partial charge in [0.1, 0.15) is 0 Å². The van der Waals surface area contributed by atoms with Crippen molar-refractivity contribution in [1.82, 2.24) is 5.06 Å². The lowest BCUT2D eigenvalue weighted by Gasteiger charge is -2.42. The van der Waals surface area contributed by atoms with E-state index in [-0.39, 0.29) is 12.5 Å². The third-order valence-corrected chi connectivity index (χ3v) is 3.15. The molecule has 1 aromatic carbocycles. The summed E-state index contributed by atoms with van der Waals surface area (Å²) in [6.07, 6.45) is 0.599. The first-order chi connectivity index (χ1) is 8.62. The van der Waals surface area contributed by atoms with Crippen LogP contribution in [-0.4, -0.2) is 30.2 Å². The first-order valence-corrected chi connectivity index (χ1v) is 5.60. The van der Waals surface area contributed by atoms with Crippen LogP contribution in [0.3, 0.4) is 0 Å². The number of nitrogens with zero attached hydrogens (tertiary/aromatic N) is 4. The molecule has 0 radical (unpaired) electrons. The molecule has 1 aliphatic rings. The third-order valence-electron chi connectivity index (χ3n) is 3.15. The second-order valence-corrected chi connectivity index (χ2v) is 4.50. The molecule has 6 nitrogen and oxygen atoms in total. The first kappa shape index (κ1) is 12.4. The molecule has 1 aromatic rings. The van der Waals surface area contributed by atoms with Gasteiger partial charge >= 0.3 is 0 Å². The number of carbonyl (C=O) groups is 1. The predicted octanol–water partition coefficient (Wildman–Crippen LogP) is 2.32. The Bertz CT molecular complexity index is 525. The van der Waals surface area contributed by atoms with Crippen molar-refractivity contribution in [1.29, 1.82) is 0 Å². The van der Waals surface area contributed by atoms with Gasteiger partial charge < -0.3 is 0 Å². The van der Waals surface area contributed by atoms with E-state index in [1.807, 2.05) is 25.1 Å². The first-order valence-electron chi connectivity index (χ1n) is 5.60. The van der Waals surface area contributed by atoms with E-state index < -0.39 is 5.54 Å². The molecule has 0 saturated heterocycles. The molecule has 6 heteroatoms. The van der Waals surface area contributed by atoms with Crippen molar-refractivity contribution in [3.63, 3.8) is 0 Å². The van der Waals surface area contributed by atoms with Crippen LogP contribution < -0.4 is 0 Å². The van der Waals surface area contributed by atoms with Gasteiger partial charge in [-0.25, -0.2) is 5.06 Å². The summed E-state index contributed by atoms with van der Waals surface area (Å²) in [7, 11) is 1.44. The molecular formula is C12H14N4O2. The van der Waals surface area contributed by atoms with Crippen molar-refractivity contribution in [2.24, 2.45) is 5.11 Å². The topological polar surface area (TPSA) is 78.3 Å². The Morgan fingerprint density at radius 2 is 2.28 bits per heavy atom. The summed E-state index contributed by atoms with van der Waals surface area (Å²) in [5.41, 5.74) is 9.39. The minimum Gasteiger partial charge on any atom is -0.273 e. The fraction of sp³-hybridized carbons (Fsp3) is 0.417. The Kier molecular flexibility index (Phi) is 3.23. The molecule has 18 heavy (non-hydrogen) atoms. The number of hydrogen-bond donors (Lipinski definition) is 0. The van der Waals surface area contributed by atoms with Gasteiger partial charge in [0, 0.05) is 10.5 Å². The van der Waals surface area contributed by atoms with Gasteiger partial charge in [-0.3, -0.25) is 9.63 Å². The van der Waals surface area contributed by atoms with E-state index in [4.69, 9.17) is 10.4 Å². The Hall–Kier alpha value is -2.04. The van der Waals surface area contributed by atoms with Gasteiger partial charge in [-0.05, 0) is 30.5 Å². The molecule has 0 fully saturated rings. The average Bonchev–Trinajstić information content (AvgIpc) is 2.37. The molecule has 0 spiro atoms. The summed E-state index contributed by atoms with van der Waals surface area (Å²) in [5.74, 6) is -0.199. The number of rotatable bonds is 3. The highest BCUT2D eigenvalue weighted by atomic mass is 16.7. The van der Waals surface area contributed by atoms with E-state index in [0.29, 0.717) is 12.0 Å². The van der Waals surface area contributed by atoms with Gasteiger partial charge in [0.25, 0.3) is 5.91 Å². The van der Waals surface area contributed by atoms with Gasteiger partial charge in [-0.2, -0.15) is 0 Å². The molecule has 1 heterocycles. The lowest BCUT2D eigenvalue weighted by atomic mass is 9.85. The van der Waals surface area contributed by atoms with Crippen LogP contribution in [0.15, 0.2) is 29.4 Å². The van der Waals surface area contributed by atoms with E-state index in [1.165, 1.54) is 12.2 Å². The summed E-state index contributed by atoms with van der Waals surface area (Å²) in [5, 5.41) is 4.88.